The minimum atomic E-state index is 0.0494. The summed E-state index contributed by atoms with van der Waals surface area (Å²) < 4.78 is 0. The van der Waals surface area contributed by atoms with E-state index in [1.54, 1.807) is 0 Å². The first-order valence-corrected chi connectivity index (χ1v) is 21.6. The fraction of sp³-hybridized carbons (Fsp3) is 0.138. The SMILES string of the molecule is Cc1cc(C)c(B2c3cc4c5c(cccc5c3-c3cccc5cccc2c35)B(c2c(C)cc(C)cc2C)c2cc(C#CCCc3ccccc3)c3ccccc3c2-4)c(C)c1. The molecule has 284 valence electrons. The number of hydrogen-bond acceptors (Lipinski definition) is 0. The van der Waals surface area contributed by atoms with Crippen molar-refractivity contribution in [1.29, 1.82) is 0 Å². The van der Waals surface area contributed by atoms with Gasteiger partial charge in [0, 0.05) is 12.0 Å². The summed E-state index contributed by atoms with van der Waals surface area (Å²) in [5, 5.41) is 7.93. The summed E-state index contributed by atoms with van der Waals surface area (Å²) in [6.07, 6.45) is 1.76. The van der Waals surface area contributed by atoms with E-state index in [2.05, 4.69) is 199 Å². The first-order chi connectivity index (χ1) is 29.3. The minimum absolute atomic E-state index is 0.0494. The predicted molar refractivity (Wildman–Crippen MR) is 262 cm³/mol. The summed E-state index contributed by atoms with van der Waals surface area (Å²) in [7, 11) is 0. The topological polar surface area (TPSA) is 0 Å². The van der Waals surface area contributed by atoms with Crippen molar-refractivity contribution in [1.82, 2.24) is 0 Å². The Hall–Kier alpha value is -6.55. The van der Waals surface area contributed by atoms with E-state index < -0.39 is 0 Å². The molecule has 0 nitrogen and oxygen atoms in total. The van der Waals surface area contributed by atoms with E-state index in [9.17, 15) is 0 Å². The van der Waals surface area contributed by atoms with Gasteiger partial charge in [0.25, 0.3) is 0 Å². The second kappa shape index (κ2) is 14.0. The molecule has 0 bridgehead atoms. The largest absolute Gasteiger partial charge is 0.243 e. The third-order valence-electron chi connectivity index (χ3n) is 13.7. The van der Waals surface area contributed by atoms with Gasteiger partial charge in [-0.2, -0.15) is 0 Å². The second-order valence-electron chi connectivity index (χ2n) is 17.6. The average Bonchev–Trinajstić information content (AvgIpc) is 3.24. The van der Waals surface area contributed by atoms with E-state index in [0.717, 1.165) is 18.4 Å². The Balaban J connectivity index is 1.26. The van der Waals surface area contributed by atoms with E-state index >= 15 is 0 Å². The summed E-state index contributed by atoms with van der Waals surface area (Å²) in [5.74, 6) is 7.36. The van der Waals surface area contributed by atoms with Gasteiger partial charge in [0.1, 0.15) is 0 Å². The van der Waals surface area contributed by atoms with Crippen molar-refractivity contribution >= 4 is 78.5 Å². The fourth-order valence-electron chi connectivity index (χ4n) is 11.6. The maximum absolute atomic E-state index is 3.73. The molecule has 0 aliphatic carbocycles. The van der Waals surface area contributed by atoms with Crippen molar-refractivity contribution in [3.63, 3.8) is 0 Å². The van der Waals surface area contributed by atoms with Gasteiger partial charge in [-0.05, 0) is 114 Å². The van der Waals surface area contributed by atoms with Gasteiger partial charge >= 0.3 is 0 Å². The molecule has 2 aliphatic rings. The van der Waals surface area contributed by atoms with Gasteiger partial charge in [-0.3, -0.25) is 0 Å². The lowest BCUT2D eigenvalue weighted by molar-refractivity contribution is 1.03. The van der Waals surface area contributed by atoms with Crippen molar-refractivity contribution in [3.05, 3.63) is 190 Å². The highest BCUT2D eigenvalue weighted by Gasteiger charge is 2.40. The first-order valence-electron chi connectivity index (χ1n) is 21.6. The van der Waals surface area contributed by atoms with Crippen LogP contribution in [0.25, 0.3) is 54.6 Å². The molecule has 0 saturated carbocycles. The Morgan fingerprint density at radius 1 is 0.433 bits per heavy atom. The molecule has 0 unspecified atom stereocenters. The Morgan fingerprint density at radius 2 is 0.967 bits per heavy atom. The summed E-state index contributed by atoms with van der Waals surface area (Å²) in [6, 6.07) is 55.5. The number of hydrogen-bond donors (Lipinski definition) is 0. The lowest BCUT2D eigenvalue weighted by Gasteiger charge is -2.35. The lowest BCUT2D eigenvalue weighted by Crippen LogP contribution is -2.58. The summed E-state index contributed by atoms with van der Waals surface area (Å²) >= 11 is 0. The molecule has 9 aromatic carbocycles. The molecule has 0 radical (unpaired) electrons. The minimum Gasteiger partial charge on any atom is -0.0975 e. The molecule has 2 heterocycles. The number of fused-ring (bicyclic) bond motifs is 7. The molecule has 2 aliphatic heterocycles. The summed E-state index contributed by atoms with van der Waals surface area (Å²) in [6.45, 7) is 13.9. The highest BCUT2D eigenvalue weighted by molar-refractivity contribution is 7.01. The van der Waals surface area contributed by atoms with Gasteiger partial charge in [0.15, 0.2) is 0 Å². The quantitative estimate of drug-likeness (QED) is 0.124. The Kier molecular flexibility index (Phi) is 8.55. The van der Waals surface area contributed by atoms with Crippen molar-refractivity contribution < 1.29 is 0 Å². The van der Waals surface area contributed by atoms with Crippen LogP contribution < -0.4 is 32.8 Å². The molecule has 0 saturated heterocycles. The number of aryl methyl sites for hydroxylation is 7. The lowest BCUT2D eigenvalue weighted by atomic mass is 9.30. The smallest absolute Gasteiger partial charge is 0.0975 e. The Labute approximate surface area is 355 Å². The zero-order chi connectivity index (χ0) is 40.8. The van der Waals surface area contributed by atoms with Crippen LogP contribution in [0.15, 0.2) is 146 Å². The molecular weight excluding hydrogens is 718 g/mol. The summed E-state index contributed by atoms with van der Waals surface area (Å²) in [5.41, 5.74) is 24.3. The maximum Gasteiger partial charge on any atom is 0.243 e. The molecule has 0 fully saturated rings. The third kappa shape index (κ3) is 5.56. The van der Waals surface area contributed by atoms with E-state index in [1.165, 1.54) is 126 Å². The van der Waals surface area contributed by atoms with Crippen LogP contribution in [0.5, 0.6) is 0 Å². The van der Waals surface area contributed by atoms with Gasteiger partial charge in [-0.25, -0.2) is 0 Å². The Morgan fingerprint density at radius 3 is 1.63 bits per heavy atom. The van der Waals surface area contributed by atoms with E-state index in [0.29, 0.717) is 0 Å². The van der Waals surface area contributed by atoms with Crippen LogP contribution in [0, 0.1) is 53.4 Å². The molecule has 0 aromatic heterocycles. The molecule has 9 aromatic rings. The van der Waals surface area contributed by atoms with E-state index in [-0.39, 0.29) is 13.4 Å². The molecule has 0 N–H and O–H groups in total. The average molecular weight is 765 g/mol. The zero-order valence-corrected chi connectivity index (χ0v) is 35.4. The Bertz CT molecular complexity index is 3290. The predicted octanol–water partition coefficient (Wildman–Crippen LogP) is 9.97. The van der Waals surface area contributed by atoms with Gasteiger partial charge in [0.05, 0.1) is 0 Å². The molecule has 0 spiro atoms. The molecular formula is C58H46B2. The van der Waals surface area contributed by atoms with Gasteiger partial charge in [-0.1, -0.05) is 218 Å². The molecule has 0 amide bonds. The molecule has 11 rings (SSSR count). The highest BCUT2D eigenvalue weighted by Crippen LogP contribution is 2.42. The fourth-order valence-corrected chi connectivity index (χ4v) is 11.6. The zero-order valence-electron chi connectivity index (χ0n) is 35.4. The van der Waals surface area contributed by atoms with Crippen LogP contribution in [0.1, 0.15) is 50.9 Å². The highest BCUT2D eigenvalue weighted by atomic mass is 14.3. The summed E-state index contributed by atoms with van der Waals surface area (Å²) in [4.78, 5) is 0. The third-order valence-corrected chi connectivity index (χ3v) is 13.7. The monoisotopic (exact) mass is 764 g/mol. The standard InChI is InChI=1S/C58H46B2/c1-35-29-37(3)57(38(4)30-35)59-49-27-15-22-42-21-14-25-46(53(42)49)55-47-26-16-28-50-56(47)48(34-52(55)59)54-45-24-13-12-23-44(45)43(20-11-10-19-41-17-8-7-9-18-41)33-51(54)60(50)58-39(5)31-36(2)32-40(58)6/h7-9,12-18,21-34H,10,19H2,1-6H3. The van der Waals surface area contributed by atoms with Gasteiger partial charge in [0.2, 0.25) is 13.4 Å². The van der Waals surface area contributed by atoms with Gasteiger partial charge in [-0.15, -0.1) is 0 Å². The van der Waals surface area contributed by atoms with Crippen molar-refractivity contribution in [2.75, 3.05) is 0 Å². The number of rotatable bonds is 4. The van der Waals surface area contributed by atoms with Crippen LogP contribution in [-0.4, -0.2) is 13.4 Å². The maximum atomic E-state index is 3.73. The molecule has 2 heteroatoms. The van der Waals surface area contributed by atoms with Crippen LogP contribution in [0.2, 0.25) is 0 Å². The van der Waals surface area contributed by atoms with Gasteiger partial charge < -0.3 is 0 Å². The van der Waals surface area contributed by atoms with E-state index in [4.69, 9.17) is 0 Å². The molecule has 60 heavy (non-hydrogen) atoms. The first kappa shape index (κ1) is 36.5. The van der Waals surface area contributed by atoms with Crippen molar-refractivity contribution in [2.24, 2.45) is 0 Å². The van der Waals surface area contributed by atoms with E-state index in [1.807, 2.05) is 0 Å². The van der Waals surface area contributed by atoms with Crippen molar-refractivity contribution in [2.45, 2.75) is 54.4 Å². The normalized spacial score (nSPS) is 12.4. The van der Waals surface area contributed by atoms with Crippen LogP contribution >= 0.6 is 0 Å². The molecule has 0 atom stereocenters. The van der Waals surface area contributed by atoms with Crippen molar-refractivity contribution in [3.8, 4) is 34.1 Å². The second-order valence-corrected chi connectivity index (χ2v) is 17.6. The van der Waals surface area contributed by atoms with Crippen LogP contribution in [0.4, 0.5) is 0 Å². The van der Waals surface area contributed by atoms with Crippen LogP contribution in [-0.2, 0) is 6.42 Å². The number of benzene rings is 9. The van der Waals surface area contributed by atoms with Crippen LogP contribution in [0.3, 0.4) is 0 Å².